The van der Waals surface area contributed by atoms with Crippen molar-refractivity contribution < 1.29 is 19.4 Å². The van der Waals surface area contributed by atoms with E-state index in [1.165, 1.54) is 6.08 Å². The highest BCUT2D eigenvalue weighted by Gasteiger charge is 2.44. The molecule has 2 unspecified atom stereocenters. The monoisotopic (exact) mass is 284 g/mol. The van der Waals surface area contributed by atoms with Crippen LogP contribution in [0.15, 0.2) is 67.3 Å². The molecule has 0 amide bonds. The Bertz CT molecular complexity index is 600. The van der Waals surface area contributed by atoms with Crippen molar-refractivity contribution in [3.05, 3.63) is 72.9 Å². The average molecular weight is 284 g/mol. The molecule has 0 aromatic heterocycles. The van der Waals surface area contributed by atoms with Crippen LogP contribution < -0.4 is 0 Å². The summed E-state index contributed by atoms with van der Waals surface area (Å²) < 4.78 is 5.43. The summed E-state index contributed by atoms with van der Waals surface area (Å²) in [5.74, 6) is -2.62. The van der Waals surface area contributed by atoms with Crippen LogP contribution in [0.3, 0.4) is 0 Å². The van der Waals surface area contributed by atoms with Gasteiger partial charge in [-0.2, -0.15) is 0 Å². The Labute approximate surface area is 123 Å². The molecule has 4 heteroatoms. The third-order valence-electron chi connectivity index (χ3n) is 3.37. The van der Waals surface area contributed by atoms with Crippen LogP contribution in [0.25, 0.3) is 0 Å². The number of esters is 1. The number of benzene rings is 1. The lowest BCUT2D eigenvalue weighted by Gasteiger charge is -2.35. The fourth-order valence-corrected chi connectivity index (χ4v) is 2.40. The van der Waals surface area contributed by atoms with Crippen LogP contribution in [0, 0.1) is 5.92 Å². The third-order valence-corrected chi connectivity index (χ3v) is 3.37. The van der Waals surface area contributed by atoms with E-state index in [2.05, 4.69) is 6.58 Å². The van der Waals surface area contributed by atoms with Crippen molar-refractivity contribution in [1.82, 2.24) is 0 Å². The SMILES string of the molecule is C=CC(=O)OC1(Cc2ccccc2)C=CC=CC1C(=O)O. The zero-order valence-corrected chi connectivity index (χ0v) is 11.4. The van der Waals surface area contributed by atoms with E-state index in [4.69, 9.17) is 4.74 Å². The average Bonchev–Trinajstić information content (AvgIpc) is 2.48. The Morgan fingerprint density at radius 1 is 1.29 bits per heavy atom. The van der Waals surface area contributed by atoms with Gasteiger partial charge in [-0.15, -0.1) is 0 Å². The molecule has 0 spiro atoms. The number of carbonyl (C=O) groups excluding carboxylic acids is 1. The van der Waals surface area contributed by atoms with Crippen LogP contribution in [0.1, 0.15) is 5.56 Å². The summed E-state index contributed by atoms with van der Waals surface area (Å²) in [5, 5.41) is 9.44. The van der Waals surface area contributed by atoms with E-state index in [0.29, 0.717) is 0 Å². The maximum absolute atomic E-state index is 11.7. The molecular formula is C17H16O4. The first-order valence-corrected chi connectivity index (χ1v) is 6.55. The lowest BCUT2D eigenvalue weighted by molar-refractivity contribution is -0.160. The summed E-state index contributed by atoms with van der Waals surface area (Å²) in [4.78, 5) is 23.2. The van der Waals surface area contributed by atoms with E-state index in [1.807, 2.05) is 30.3 Å². The number of carboxylic acids is 1. The summed E-state index contributed by atoms with van der Waals surface area (Å²) in [6.07, 6.45) is 7.81. The quantitative estimate of drug-likeness (QED) is 0.666. The number of ether oxygens (including phenoxy) is 1. The van der Waals surface area contributed by atoms with Gasteiger partial charge in [0.2, 0.25) is 0 Å². The van der Waals surface area contributed by atoms with Gasteiger partial charge in [0.25, 0.3) is 0 Å². The second-order valence-electron chi connectivity index (χ2n) is 4.80. The molecule has 0 radical (unpaired) electrons. The van der Waals surface area contributed by atoms with Crippen molar-refractivity contribution in [3.63, 3.8) is 0 Å². The van der Waals surface area contributed by atoms with Gasteiger partial charge in [-0.1, -0.05) is 55.1 Å². The zero-order chi connectivity index (χ0) is 15.3. The van der Waals surface area contributed by atoms with Gasteiger partial charge in [0.15, 0.2) is 5.60 Å². The number of rotatable bonds is 5. The van der Waals surface area contributed by atoms with E-state index in [0.717, 1.165) is 11.6 Å². The van der Waals surface area contributed by atoms with E-state index >= 15 is 0 Å². The number of aliphatic carboxylic acids is 1. The standard InChI is InChI=1S/C17H16O4/c1-2-15(18)21-17(12-13-8-4-3-5-9-13)11-7-6-10-14(17)16(19)20/h2-11,14H,1,12H2,(H,19,20). The lowest BCUT2D eigenvalue weighted by atomic mass is 9.79. The normalized spacial score (nSPS) is 23.5. The van der Waals surface area contributed by atoms with Gasteiger partial charge < -0.3 is 9.84 Å². The van der Waals surface area contributed by atoms with Gasteiger partial charge in [0, 0.05) is 12.5 Å². The summed E-state index contributed by atoms with van der Waals surface area (Å²) >= 11 is 0. The van der Waals surface area contributed by atoms with Crippen molar-refractivity contribution in [3.8, 4) is 0 Å². The molecule has 2 atom stereocenters. The molecular weight excluding hydrogens is 268 g/mol. The molecule has 108 valence electrons. The molecule has 2 rings (SSSR count). The molecule has 0 heterocycles. The van der Waals surface area contributed by atoms with Crippen molar-refractivity contribution in [2.45, 2.75) is 12.0 Å². The van der Waals surface area contributed by atoms with Gasteiger partial charge in [0.1, 0.15) is 5.92 Å². The summed E-state index contributed by atoms with van der Waals surface area (Å²) in [6.45, 7) is 3.37. The first kappa shape index (κ1) is 14.8. The second kappa shape index (κ2) is 6.22. The Kier molecular flexibility index (Phi) is 4.38. The molecule has 0 saturated heterocycles. The van der Waals surface area contributed by atoms with Crippen LogP contribution in [-0.4, -0.2) is 22.6 Å². The van der Waals surface area contributed by atoms with Crippen LogP contribution in [-0.2, 0) is 20.7 Å². The maximum Gasteiger partial charge on any atom is 0.331 e. The van der Waals surface area contributed by atoms with Crippen molar-refractivity contribution in [1.29, 1.82) is 0 Å². The van der Waals surface area contributed by atoms with Crippen LogP contribution in [0.2, 0.25) is 0 Å². The van der Waals surface area contributed by atoms with Crippen LogP contribution >= 0.6 is 0 Å². The third kappa shape index (κ3) is 3.28. The molecule has 1 N–H and O–H groups in total. The molecule has 21 heavy (non-hydrogen) atoms. The van der Waals surface area contributed by atoms with Gasteiger partial charge in [-0.25, -0.2) is 4.79 Å². The Hall–Kier alpha value is -2.62. The predicted octanol–water partition coefficient (Wildman–Crippen LogP) is 2.52. The predicted molar refractivity (Wildman–Crippen MR) is 78.6 cm³/mol. The number of carboxylic acid groups (broad SMARTS) is 1. The summed E-state index contributed by atoms with van der Waals surface area (Å²) in [7, 11) is 0. The molecule has 1 aromatic carbocycles. The number of hydrogen-bond donors (Lipinski definition) is 1. The van der Waals surface area contributed by atoms with Crippen LogP contribution in [0.5, 0.6) is 0 Å². The first-order valence-electron chi connectivity index (χ1n) is 6.55. The zero-order valence-electron chi connectivity index (χ0n) is 11.4. The molecule has 0 aliphatic heterocycles. The maximum atomic E-state index is 11.7. The lowest BCUT2D eigenvalue weighted by Crippen LogP contribution is -2.46. The Morgan fingerprint density at radius 2 is 2.00 bits per heavy atom. The van der Waals surface area contributed by atoms with Crippen molar-refractivity contribution >= 4 is 11.9 Å². The fourth-order valence-electron chi connectivity index (χ4n) is 2.40. The largest absolute Gasteiger partial charge is 0.481 e. The minimum absolute atomic E-state index is 0.283. The van der Waals surface area contributed by atoms with Crippen molar-refractivity contribution in [2.24, 2.45) is 5.92 Å². The smallest absolute Gasteiger partial charge is 0.331 e. The number of carbonyl (C=O) groups is 2. The highest BCUT2D eigenvalue weighted by atomic mass is 16.6. The first-order chi connectivity index (χ1) is 10.1. The molecule has 0 fully saturated rings. The molecule has 1 aliphatic rings. The minimum atomic E-state index is -1.24. The van der Waals surface area contributed by atoms with E-state index in [9.17, 15) is 14.7 Å². The molecule has 0 saturated carbocycles. The minimum Gasteiger partial charge on any atom is -0.481 e. The Balaban J connectivity index is 2.40. The van der Waals surface area contributed by atoms with Gasteiger partial charge in [-0.05, 0) is 11.6 Å². The molecule has 1 aliphatic carbocycles. The molecule has 0 bridgehead atoms. The van der Waals surface area contributed by atoms with Gasteiger partial charge >= 0.3 is 11.9 Å². The van der Waals surface area contributed by atoms with Crippen molar-refractivity contribution in [2.75, 3.05) is 0 Å². The Morgan fingerprint density at radius 3 is 2.62 bits per heavy atom. The number of allylic oxidation sites excluding steroid dienone is 2. The molecule has 1 aromatic rings. The van der Waals surface area contributed by atoms with E-state index in [-0.39, 0.29) is 6.42 Å². The summed E-state index contributed by atoms with van der Waals surface area (Å²) in [5.41, 5.74) is -0.353. The van der Waals surface area contributed by atoms with E-state index in [1.54, 1.807) is 18.2 Å². The topological polar surface area (TPSA) is 63.6 Å². The highest BCUT2D eigenvalue weighted by Crippen LogP contribution is 2.33. The molecule has 4 nitrogen and oxygen atoms in total. The van der Waals surface area contributed by atoms with Gasteiger partial charge in [-0.3, -0.25) is 4.79 Å². The van der Waals surface area contributed by atoms with Gasteiger partial charge in [0.05, 0.1) is 0 Å². The number of hydrogen-bond acceptors (Lipinski definition) is 3. The van der Waals surface area contributed by atoms with Crippen LogP contribution in [0.4, 0.5) is 0 Å². The fraction of sp³-hybridized carbons (Fsp3) is 0.176. The second-order valence-corrected chi connectivity index (χ2v) is 4.80. The summed E-state index contributed by atoms with van der Waals surface area (Å²) in [6, 6.07) is 9.33. The van der Waals surface area contributed by atoms with E-state index < -0.39 is 23.5 Å². The highest BCUT2D eigenvalue weighted by molar-refractivity contribution is 5.83.